The fraction of sp³-hybridized carbons (Fsp3) is 0.355. The minimum absolute atomic E-state index is 0.0789. The number of rotatable bonds is 11. The molecule has 0 bridgehead atoms. The van der Waals surface area contributed by atoms with Crippen LogP contribution in [0.4, 0.5) is 10.1 Å². The van der Waals surface area contributed by atoms with Gasteiger partial charge in [-0.2, -0.15) is 0 Å². The summed E-state index contributed by atoms with van der Waals surface area (Å²) in [7, 11) is -4.35. The van der Waals surface area contributed by atoms with Crippen LogP contribution in [0.25, 0.3) is 0 Å². The monoisotopic (exact) mass is 597 g/mol. The van der Waals surface area contributed by atoms with E-state index in [1.165, 1.54) is 35.2 Å². The molecule has 2 amide bonds. The molecule has 9 nitrogen and oxygen atoms in total. The summed E-state index contributed by atoms with van der Waals surface area (Å²) in [5.74, 6) is -0.835. The zero-order valence-corrected chi connectivity index (χ0v) is 25.0. The number of hydrogen-bond donors (Lipinski definition) is 1. The van der Waals surface area contributed by atoms with Crippen LogP contribution in [0.15, 0.2) is 71.6 Å². The van der Waals surface area contributed by atoms with Gasteiger partial charge in [0, 0.05) is 18.7 Å². The van der Waals surface area contributed by atoms with Gasteiger partial charge in [0.2, 0.25) is 11.8 Å². The number of aryl methyl sites for hydroxylation is 1. The van der Waals surface area contributed by atoms with Crippen molar-refractivity contribution in [1.29, 1.82) is 0 Å². The fourth-order valence-corrected chi connectivity index (χ4v) is 5.82. The molecule has 1 aliphatic heterocycles. The summed E-state index contributed by atoms with van der Waals surface area (Å²) in [5.41, 5.74) is 1.90. The quantitative estimate of drug-likeness (QED) is 0.351. The number of hydrogen-bond acceptors (Lipinski definition) is 6. The molecule has 2 atom stereocenters. The summed E-state index contributed by atoms with van der Waals surface area (Å²) in [6.07, 6.45) is 0.705. The molecule has 0 fully saturated rings. The van der Waals surface area contributed by atoms with Gasteiger partial charge in [0.25, 0.3) is 10.0 Å². The Morgan fingerprint density at radius 3 is 2.24 bits per heavy atom. The van der Waals surface area contributed by atoms with Crippen molar-refractivity contribution >= 4 is 27.5 Å². The average Bonchev–Trinajstić information content (AvgIpc) is 2.99. The van der Waals surface area contributed by atoms with Gasteiger partial charge in [-0.3, -0.25) is 13.9 Å². The van der Waals surface area contributed by atoms with Gasteiger partial charge in [0.1, 0.15) is 31.6 Å². The van der Waals surface area contributed by atoms with E-state index < -0.39 is 34.3 Å². The minimum atomic E-state index is -4.35. The SMILES string of the molecule is CCC(C)NC(=O)C(C)N(Cc1ccc(C)cc1)C(=O)CN(c1ccc(F)cc1)S(=O)(=O)c1ccc2c(c1)OCCO2. The molecular weight excluding hydrogens is 561 g/mol. The molecule has 1 aliphatic rings. The lowest BCUT2D eigenvalue weighted by molar-refractivity contribution is -0.139. The third-order valence-electron chi connectivity index (χ3n) is 7.14. The Balaban J connectivity index is 1.71. The highest BCUT2D eigenvalue weighted by Crippen LogP contribution is 2.34. The molecule has 3 aromatic rings. The van der Waals surface area contributed by atoms with Crippen LogP contribution in [0.5, 0.6) is 11.5 Å². The largest absolute Gasteiger partial charge is 0.486 e. The predicted molar refractivity (Wildman–Crippen MR) is 157 cm³/mol. The average molecular weight is 598 g/mol. The van der Waals surface area contributed by atoms with Crippen LogP contribution in [0.2, 0.25) is 0 Å². The Kier molecular flexibility index (Phi) is 9.72. The number of nitrogens with zero attached hydrogens (tertiary/aromatic N) is 2. The van der Waals surface area contributed by atoms with E-state index in [1.54, 1.807) is 6.92 Å². The molecule has 0 spiro atoms. The van der Waals surface area contributed by atoms with Crippen LogP contribution in [0.1, 0.15) is 38.3 Å². The molecule has 2 unspecified atom stereocenters. The van der Waals surface area contributed by atoms with Gasteiger partial charge >= 0.3 is 0 Å². The number of ether oxygens (including phenoxy) is 2. The first-order valence-electron chi connectivity index (χ1n) is 13.8. The van der Waals surface area contributed by atoms with E-state index in [9.17, 15) is 22.4 Å². The van der Waals surface area contributed by atoms with E-state index in [0.717, 1.165) is 27.6 Å². The van der Waals surface area contributed by atoms with Gasteiger partial charge < -0.3 is 19.7 Å². The molecule has 0 radical (unpaired) electrons. The Bertz CT molecular complexity index is 1510. The van der Waals surface area contributed by atoms with E-state index in [2.05, 4.69) is 5.32 Å². The van der Waals surface area contributed by atoms with Crippen molar-refractivity contribution in [1.82, 2.24) is 10.2 Å². The molecule has 1 heterocycles. The fourth-order valence-electron chi connectivity index (χ4n) is 4.39. The Morgan fingerprint density at radius 2 is 1.60 bits per heavy atom. The van der Waals surface area contributed by atoms with E-state index in [0.29, 0.717) is 18.8 Å². The van der Waals surface area contributed by atoms with Gasteiger partial charge in [-0.1, -0.05) is 36.8 Å². The smallest absolute Gasteiger partial charge is 0.264 e. The predicted octanol–water partition coefficient (Wildman–Crippen LogP) is 4.43. The van der Waals surface area contributed by atoms with Crippen molar-refractivity contribution in [2.24, 2.45) is 0 Å². The number of halogens is 1. The molecule has 11 heteroatoms. The molecule has 42 heavy (non-hydrogen) atoms. The first-order valence-corrected chi connectivity index (χ1v) is 15.3. The zero-order chi connectivity index (χ0) is 30.4. The van der Waals surface area contributed by atoms with Crippen molar-refractivity contribution in [3.05, 3.63) is 83.7 Å². The topological polar surface area (TPSA) is 105 Å². The van der Waals surface area contributed by atoms with Gasteiger partial charge in [-0.05, 0) is 69.2 Å². The van der Waals surface area contributed by atoms with Crippen molar-refractivity contribution < 1.29 is 31.9 Å². The second kappa shape index (κ2) is 13.2. The number of carbonyl (C=O) groups is 2. The highest BCUT2D eigenvalue weighted by atomic mass is 32.2. The molecular formula is C31H36FN3O6S. The van der Waals surface area contributed by atoms with E-state index in [1.807, 2.05) is 45.0 Å². The van der Waals surface area contributed by atoms with Crippen LogP contribution in [0.3, 0.4) is 0 Å². The number of nitrogens with one attached hydrogen (secondary N) is 1. The van der Waals surface area contributed by atoms with Crippen LogP contribution in [0, 0.1) is 12.7 Å². The lowest BCUT2D eigenvalue weighted by Gasteiger charge is -2.32. The van der Waals surface area contributed by atoms with Gasteiger partial charge in [0.15, 0.2) is 11.5 Å². The van der Waals surface area contributed by atoms with Gasteiger partial charge in [-0.25, -0.2) is 12.8 Å². The summed E-state index contributed by atoms with van der Waals surface area (Å²) in [4.78, 5) is 28.4. The van der Waals surface area contributed by atoms with E-state index >= 15 is 0 Å². The molecule has 1 N–H and O–H groups in total. The van der Waals surface area contributed by atoms with Gasteiger partial charge in [0.05, 0.1) is 10.6 Å². The van der Waals surface area contributed by atoms with Crippen LogP contribution < -0.4 is 19.1 Å². The lowest BCUT2D eigenvalue weighted by atomic mass is 10.1. The lowest BCUT2D eigenvalue weighted by Crippen LogP contribution is -2.52. The Hall–Kier alpha value is -4.12. The Morgan fingerprint density at radius 1 is 0.952 bits per heavy atom. The number of benzene rings is 3. The van der Waals surface area contributed by atoms with Gasteiger partial charge in [-0.15, -0.1) is 0 Å². The van der Waals surface area contributed by atoms with Crippen molar-refractivity contribution in [3.63, 3.8) is 0 Å². The maximum atomic E-state index is 14.0. The van der Waals surface area contributed by atoms with Crippen LogP contribution in [-0.4, -0.2) is 57.0 Å². The molecule has 0 saturated heterocycles. The number of sulfonamides is 1. The van der Waals surface area contributed by atoms with Crippen molar-refractivity contribution in [3.8, 4) is 11.5 Å². The molecule has 3 aromatic carbocycles. The second-order valence-electron chi connectivity index (χ2n) is 10.3. The molecule has 0 saturated carbocycles. The number of amides is 2. The number of carbonyl (C=O) groups excluding carboxylic acids is 2. The summed E-state index contributed by atoms with van der Waals surface area (Å²) in [6.45, 7) is 7.42. The molecule has 0 aromatic heterocycles. The van der Waals surface area contributed by atoms with Crippen LogP contribution >= 0.6 is 0 Å². The molecule has 0 aliphatic carbocycles. The summed E-state index contributed by atoms with van der Waals surface area (Å²) < 4.78 is 53.9. The first-order chi connectivity index (χ1) is 20.0. The molecule has 224 valence electrons. The van der Waals surface area contributed by atoms with E-state index in [-0.39, 0.29) is 41.4 Å². The number of fused-ring (bicyclic) bond motifs is 1. The first kappa shape index (κ1) is 30.8. The van der Waals surface area contributed by atoms with Crippen molar-refractivity contribution in [2.45, 2.75) is 57.6 Å². The molecule has 4 rings (SSSR count). The summed E-state index contributed by atoms with van der Waals surface area (Å²) >= 11 is 0. The maximum absolute atomic E-state index is 14.0. The zero-order valence-electron chi connectivity index (χ0n) is 24.2. The maximum Gasteiger partial charge on any atom is 0.264 e. The Labute approximate surface area is 246 Å². The third-order valence-corrected chi connectivity index (χ3v) is 8.91. The highest BCUT2D eigenvalue weighted by Gasteiger charge is 2.33. The highest BCUT2D eigenvalue weighted by molar-refractivity contribution is 7.92. The third kappa shape index (κ3) is 7.20. The summed E-state index contributed by atoms with van der Waals surface area (Å²) in [6, 6.07) is 15.6. The summed E-state index contributed by atoms with van der Waals surface area (Å²) in [5, 5.41) is 2.90. The van der Waals surface area contributed by atoms with E-state index in [4.69, 9.17) is 9.47 Å². The standard InChI is InChI=1S/C31H36FN3O6S/c1-5-22(3)33-31(37)23(4)34(19-24-8-6-21(2)7-9-24)30(36)20-35(26-12-10-25(32)11-13-26)42(38,39)27-14-15-28-29(18-27)41-17-16-40-28/h6-15,18,22-23H,5,16-17,19-20H2,1-4H3,(H,33,37). The second-order valence-corrected chi connectivity index (χ2v) is 12.2. The minimum Gasteiger partial charge on any atom is -0.486 e. The normalized spacial score (nSPS) is 14.0. The van der Waals surface area contributed by atoms with Crippen LogP contribution in [-0.2, 0) is 26.2 Å². The number of anilines is 1. The van der Waals surface area contributed by atoms with Crippen molar-refractivity contribution in [2.75, 3.05) is 24.1 Å².